The van der Waals surface area contributed by atoms with Gasteiger partial charge in [-0.15, -0.1) is 0 Å². The number of nitrogens with zero attached hydrogens (tertiary/aromatic N) is 2. The van der Waals surface area contributed by atoms with E-state index in [0.29, 0.717) is 5.52 Å². The highest BCUT2D eigenvalue weighted by Crippen LogP contribution is 2.20. The van der Waals surface area contributed by atoms with Gasteiger partial charge >= 0.3 is 5.97 Å². The first-order valence-corrected chi connectivity index (χ1v) is 10.7. The van der Waals surface area contributed by atoms with E-state index in [2.05, 4.69) is 31.2 Å². The number of para-hydroxylation sites is 3. The molecule has 1 atom stereocenters. The molecule has 3 aromatic rings. The van der Waals surface area contributed by atoms with Gasteiger partial charge in [-0.1, -0.05) is 24.3 Å². The summed E-state index contributed by atoms with van der Waals surface area (Å²) in [4.78, 5) is 70.6. The zero-order valence-corrected chi connectivity index (χ0v) is 19.9. The van der Waals surface area contributed by atoms with Gasteiger partial charge in [-0.2, -0.15) is 5.10 Å². The number of aromatic nitrogens is 2. The van der Waals surface area contributed by atoms with Gasteiger partial charge in [-0.05, 0) is 36.5 Å². The molecule has 8 N–H and O–H groups in total. The maximum absolute atomic E-state index is 13.5. The molecule has 0 saturated heterocycles. The summed E-state index contributed by atoms with van der Waals surface area (Å²) in [6.07, 6.45) is 0. The minimum atomic E-state index is -1.96. The van der Waals surface area contributed by atoms with Crippen molar-refractivity contribution < 1.29 is 23.9 Å². The maximum atomic E-state index is 13.5. The van der Waals surface area contributed by atoms with Crippen molar-refractivity contribution in [3.8, 4) is 0 Å². The van der Waals surface area contributed by atoms with E-state index in [1.165, 1.54) is 24.3 Å². The molecule has 15 heteroatoms. The number of aromatic amines is 1. The van der Waals surface area contributed by atoms with Gasteiger partial charge in [-0.25, -0.2) is 15.6 Å². The highest BCUT2D eigenvalue weighted by Gasteiger charge is 2.39. The summed E-state index contributed by atoms with van der Waals surface area (Å²) in [6.45, 7) is 0. The van der Waals surface area contributed by atoms with Gasteiger partial charge in [0.15, 0.2) is 5.71 Å². The minimum absolute atomic E-state index is 0.0735. The van der Waals surface area contributed by atoms with Crippen LogP contribution in [0.25, 0.3) is 11.0 Å². The number of hydrazone groups is 1. The summed E-state index contributed by atoms with van der Waals surface area (Å²) in [6, 6.07) is 12.1. The van der Waals surface area contributed by atoms with Crippen LogP contribution in [-0.4, -0.2) is 51.5 Å². The number of ether oxygens (including phenoxy) is 1. The lowest BCUT2D eigenvalue weighted by Crippen LogP contribution is -2.42. The number of amides is 2. The smallest absolute Gasteiger partial charge is 0.355 e. The molecular formula is C22H20N8O6S. The molecule has 0 spiro atoms. The number of thiocarbonyl (C=S) groups is 1. The lowest BCUT2D eigenvalue weighted by atomic mass is 9.93. The molecule has 0 saturated carbocycles. The van der Waals surface area contributed by atoms with Crippen molar-refractivity contribution in [3.63, 3.8) is 0 Å². The fourth-order valence-corrected chi connectivity index (χ4v) is 3.26. The molecule has 37 heavy (non-hydrogen) atoms. The molecule has 3 rings (SSSR count). The number of hydrogen-bond donors (Lipinski definition) is 6. The molecule has 0 bridgehead atoms. The van der Waals surface area contributed by atoms with E-state index in [1.54, 1.807) is 24.3 Å². The summed E-state index contributed by atoms with van der Waals surface area (Å²) >= 11 is 4.83. The number of ketones is 1. The Morgan fingerprint density at radius 2 is 1.78 bits per heavy atom. The van der Waals surface area contributed by atoms with E-state index in [0.717, 1.165) is 7.11 Å². The summed E-state index contributed by atoms with van der Waals surface area (Å²) in [5, 5.41) is 5.77. The first-order valence-electron chi connectivity index (χ1n) is 10.3. The van der Waals surface area contributed by atoms with Gasteiger partial charge in [0.2, 0.25) is 10.9 Å². The number of Topliss-reactive ketones (excluding diaryl/α,β-unsaturated/α-hetero) is 1. The van der Waals surface area contributed by atoms with E-state index in [1.807, 2.05) is 0 Å². The molecule has 2 aromatic carbocycles. The van der Waals surface area contributed by atoms with Crippen LogP contribution < -0.4 is 33.3 Å². The molecule has 0 fully saturated rings. The Kier molecular flexibility index (Phi) is 8.34. The van der Waals surface area contributed by atoms with Crippen molar-refractivity contribution in [1.82, 2.24) is 20.8 Å². The number of nitrogens with two attached hydrogens (primary N) is 2. The lowest BCUT2D eigenvalue weighted by molar-refractivity contribution is -0.136. The predicted molar refractivity (Wildman–Crippen MR) is 136 cm³/mol. The van der Waals surface area contributed by atoms with Gasteiger partial charge in [-0.3, -0.25) is 30.0 Å². The van der Waals surface area contributed by atoms with E-state index in [-0.39, 0.29) is 21.9 Å². The van der Waals surface area contributed by atoms with Gasteiger partial charge in [0.25, 0.3) is 17.4 Å². The molecular weight excluding hydrogens is 504 g/mol. The number of carbonyl (C=O) groups excluding carboxylic acids is 4. The fraction of sp³-hybridized carbons (Fsp3) is 0.0909. The van der Waals surface area contributed by atoms with Crippen molar-refractivity contribution in [1.29, 1.82) is 0 Å². The lowest BCUT2D eigenvalue weighted by Gasteiger charge is -2.17. The topological polar surface area (TPSA) is 224 Å². The predicted octanol–water partition coefficient (Wildman–Crippen LogP) is -0.820. The van der Waals surface area contributed by atoms with E-state index in [9.17, 15) is 24.0 Å². The van der Waals surface area contributed by atoms with Crippen LogP contribution in [0.2, 0.25) is 0 Å². The van der Waals surface area contributed by atoms with E-state index in [4.69, 9.17) is 28.5 Å². The number of H-pyrrole nitrogens is 1. The second-order valence-electron chi connectivity index (χ2n) is 7.20. The third kappa shape index (κ3) is 5.98. The molecule has 0 radical (unpaired) electrons. The number of hydrogen-bond acceptors (Lipinski definition) is 10. The zero-order chi connectivity index (χ0) is 27.1. The van der Waals surface area contributed by atoms with Crippen LogP contribution in [-0.2, 0) is 19.1 Å². The first kappa shape index (κ1) is 26.6. The van der Waals surface area contributed by atoms with Crippen LogP contribution in [0.1, 0.15) is 22.0 Å². The number of esters is 1. The average Bonchev–Trinajstić information content (AvgIpc) is 2.90. The first-order chi connectivity index (χ1) is 17.7. The largest absolute Gasteiger partial charge is 0.464 e. The fourth-order valence-electron chi connectivity index (χ4n) is 3.22. The summed E-state index contributed by atoms with van der Waals surface area (Å²) < 4.78 is 4.72. The molecule has 0 aliphatic rings. The molecule has 1 unspecified atom stereocenters. The quantitative estimate of drug-likeness (QED) is 0.0533. The Hall–Kier alpha value is -5.02. The molecule has 190 valence electrons. The summed E-state index contributed by atoms with van der Waals surface area (Å²) in [5.41, 5.74) is 7.92. The van der Waals surface area contributed by atoms with Crippen LogP contribution in [0.15, 0.2) is 58.4 Å². The third-order valence-electron chi connectivity index (χ3n) is 4.90. The number of anilines is 1. The summed E-state index contributed by atoms with van der Waals surface area (Å²) in [5.74, 6) is -1.44. The zero-order valence-electron chi connectivity index (χ0n) is 19.1. The number of primary amides is 1. The van der Waals surface area contributed by atoms with Gasteiger partial charge in [0, 0.05) is 0 Å². The monoisotopic (exact) mass is 524 g/mol. The van der Waals surface area contributed by atoms with Crippen molar-refractivity contribution in [2.24, 2.45) is 16.7 Å². The number of benzene rings is 2. The Morgan fingerprint density at radius 1 is 1.11 bits per heavy atom. The van der Waals surface area contributed by atoms with Crippen molar-refractivity contribution >= 4 is 63.3 Å². The van der Waals surface area contributed by atoms with Crippen LogP contribution >= 0.6 is 12.2 Å². The van der Waals surface area contributed by atoms with Gasteiger partial charge in [0.1, 0.15) is 11.6 Å². The Morgan fingerprint density at radius 3 is 2.46 bits per heavy atom. The number of hydrazine groups is 1. The standard InChI is InChI=1S/C22H20N8O6S/c1-36-21(35)16(29-30-22(37)28-24)14(15-19(33)27-13-9-5-4-8-12(13)25-15)17(31)20(34)26-11-7-3-2-6-10(11)18(23)32/h2-9,14H,24H2,1H3,(H2,23,32)(H,26,34)(H,27,33)(H2,28,30,37). The Bertz CT molecular complexity index is 1500. The normalized spacial score (nSPS) is 11.8. The van der Waals surface area contributed by atoms with Crippen LogP contribution in [0.3, 0.4) is 0 Å². The van der Waals surface area contributed by atoms with Gasteiger partial charge < -0.3 is 20.8 Å². The number of carbonyl (C=O) groups is 4. The average molecular weight is 525 g/mol. The molecule has 0 aliphatic heterocycles. The number of rotatable bonds is 8. The van der Waals surface area contributed by atoms with E-state index >= 15 is 0 Å². The molecule has 2 amide bonds. The number of fused-ring (bicyclic) bond motifs is 1. The highest BCUT2D eigenvalue weighted by atomic mass is 32.1. The third-order valence-corrected chi connectivity index (χ3v) is 5.11. The van der Waals surface area contributed by atoms with Crippen molar-refractivity contribution in [2.75, 3.05) is 12.4 Å². The van der Waals surface area contributed by atoms with E-state index < -0.39 is 46.4 Å². The number of nitrogens with one attached hydrogen (secondary N) is 4. The van der Waals surface area contributed by atoms with Crippen molar-refractivity contribution in [3.05, 3.63) is 70.1 Å². The number of methoxy groups -OCH3 is 1. The Labute approximate surface area is 213 Å². The molecule has 0 aliphatic carbocycles. The van der Waals surface area contributed by atoms with Gasteiger partial charge in [0.05, 0.1) is 29.4 Å². The van der Waals surface area contributed by atoms with Crippen LogP contribution in [0.4, 0.5) is 5.69 Å². The Balaban J connectivity index is 2.17. The summed E-state index contributed by atoms with van der Waals surface area (Å²) in [7, 11) is 1.00. The highest BCUT2D eigenvalue weighted by molar-refractivity contribution is 7.80. The second-order valence-corrected chi connectivity index (χ2v) is 7.61. The molecule has 1 heterocycles. The maximum Gasteiger partial charge on any atom is 0.355 e. The SMILES string of the molecule is COC(=O)C(=NNC(=S)NN)C(C(=O)C(=O)Nc1ccccc1C(N)=O)c1nc2ccccc2[nH]c1=O. The minimum Gasteiger partial charge on any atom is -0.464 e. The van der Waals surface area contributed by atoms with Crippen molar-refractivity contribution in [2.45, 2.75) is 5.92 Å². The molecule has 14 nitrogen and oxygen atoms in total. The van der Waals surface area contributed by atoms with Crippen LogP contribution in [0.5, 0.6) is 0 Å². The second kappa shape index (κ2) is 11.6. The van der Waals surface area contributed by atoms with Crippen LogP contribution in [0, 0.1) is 0 Å². The molecule has 1 aromatic heterocycles.